The molecule has 0 radical (unpaired) electrons. The Labute approximate surface area is 121 Å². The lowest BCUT2D eigenvalue weighted by Gasteiger charge is -2.27. The average Bonchev–Trinajstić information content (AvgIpc) is 2.41. The van der Waals surface area contributed by atoms with Gasteiger partial charge in [-0.2, -0.15) is 0 Å². The number of rotatable bonds is 4. The normalized spacial score (nSPS) is 19.6. The second kappa shape index (κ2) is 6.47. The Hall–Kier alpha value is -0.960. The Morgan fingerprint density at radius 2 is 2.05 bits per heavy atom. The molecule has 0 saturated carbocycles. The molecule has 1 N–H and O–H groups in total. The molecule has 0 bridgehead atoms. The number of thioether (sulfide) groups is 1. The van der Waals surface area contributed by atoms with Crippen LogP contribution in [0.1, 0.15) is 38.7 Å². The van der Waals surface area contributed by atoms with Crippen LogP contribution in [0.3, 0.4) is 0 Å². The van der Waals surface area contributed by atoms with Crippen LogP contribution in [0.15, 0.2) is 35.3 Å². The number of amidine groups is 1. The highest BCUT2D eigenvalue weighted by Crippen LogP contribution is 2.27. The van der Waals surface area contributed by atoms with E-state index in [9.17, 15) is 0 Å². The molecule has 104 valence electrons. The maximum absolute atomic E-state index is 4.62. The van der Waals surface area contributed by atoms with E-state index in [4.69, 9.17) is 0 Å². The topological polar surface area (TPSA) is 24.4 Å². The number of benzene rings is 1. The molecule has 1 heterocycles. The minimum atomic E-state index is 0.354. The zero-order valence-electron chi connectivity index (χ0n) is 12.1. The van der Waals surface area contributed by atoms with Crippen molar-refractivity contribution in [2.75, 3.05) is 18.8 Å². The molecule has 2 nitrogen and oxygen atoms in total. The number of hydrogen-bond donors (Lipinski definition) is 1. The molecule has 0 aliphatic carbocycles. The molecule has 1 aliphatic heterocycles. The van der Waals surface area contributed by atoms with Crippen LogP contribution in [0.5, 0.6) is 0 Å². The second-order valence-electron chi connectivity index (χ2n) is 6.10. The van der Waals surface area contributed by atoms with Gasteiger partial charge in [-0.05, 0) is 23.3 Å². The predicted molar refractivity (Wildman–Crippen MR) is 86.0 cm³/mol. The van der Waals surface area contributed by atoms with Gasteiger partial charge < -0.3 is 5.32 Å². The lowest BCUT2D eigenvalue weighted by atomic mass is 9.97. The summed E-state index contributed by atoms with van der Waals surface area (Å²) in [4.78, 5) is 4.62. The second-order valence-corrected chi connectivity index (χ2v) is 7.07. The van der Waals surface area contributed by atoms with Crippen molar-refractivity contribution in [2.24, 2.45) is 10.4 Å². The van der Waals surface area contributed by atoms with Gasteiger partial charge in [0.05, 0.1) is 0 Å². The fourth-order valence-corrected chi connectivity index (χ4v) is 3.07. The molecule has 1 atom stereocenters. The Morgan fingerprint density at radius 1 is 1.32 bits per heavy atom. The quantitative estimate of drug-likeness (QED) is 0.902. The summed E-state index contributed by atoms with van der Waals surface area (Å²) in [5.41, 5.74) is 1.77. The van der Waals surface area contributed by atoms with Gasteiger partial charge in [0.25, 0.3) is 0 Å². The van der Waals surface area contributed by atoms with Crippen LogP contribution in [0.25, 0.3) is 0 Å². The van der Waals surface area contributed by atoms with E-state index in [0.717, 1.165) is 30.4 Å². The fourth-order valence-electron chi connectivity index (χ4n) is 2.09. The molecule has 0 aromatic heterocycles. The van der Waals surface area contributed by atoms with Crippen molar-refractivity contribution in [2.45, 2.75) is 33.1 Å². The van der Waals surface area contributed by atoms with Crippen molar-refractivity contribution in [1.29, 1.82) is 0 Å². The van der Waals surface area contributed by atoms with Crippen LogP contribution >= 0.6 is 11.8 Å². The van der Waals surface area contributed by atoms with Gasteiger partial charge in [-0.1, -0.05) is 62.9 Å². The van der Waals surface area contributed by atoms with E-state index < -0.39 is 0 Å². The summed E-state index contributed by atoms with van der Waals surface area (Å²) in [6, 6.07) is 10.7. The van der Waals surface area contributed by atoms with Crippen molar-refractivity contribution in [3.63, 3.8) is 0 Å². The van der Waals surface area contributed by atoms with Crippen molar-refractivity contribution < 1.29 is 0 Å². The highest BCUT2D eigenvalue weighted by atomic mass is 32.2. The van der Waals surface area contributed by atoms with Gasteiger partial charge in [0.15, 0.2) is 5.17 Å². The van der Waals surface area contributed by atoms with Gasteiger partial charge in [-0.15, -0.1) is 0 Å². The Kier molecular flexibility index (Phi) is 4.92. The first-order valence-corrected chi connectivity index (χ1v) is 8.01. The zero-order chi connectivity index (χ0) is 13.7. The summed E-state index contributed by atoms with van der Waals surface area (Å²) in [5.74, 6) is 1.76. The lowest BCUT2D eigenvalue weighted by Crippen LogP contribution is -2.32. The van der Waals surface area contributed by atoms with E-state index in [2.05, 4.69) is 61.4 Å². The maximum Gasteiger partial charge on any atom is 0.156 e. The van der Waals surface area contributed by atoms with Crippen LogP contribution in [0.2, 0.25) is 0 Å². The van der Waals surface area contributed by atoms with Crippen molar-refractivity contribution >= 4 is 16.9 Å². The minimum Gasteiger partial charge on any atom is -0.365 e. The zero-order valence-corrected chi connectivity index (χ0v) is 13.0. The van der Waals surface area contributed by atoms with E-state index in [0.29, 0.717) is 11.3 Å². The van der Waals surface area contributed by atoms with Crippen LogP contribution in [-0.2, 0) is 0 Å². The van der Waals surface area contributed by atoms with Crippen LogP contribution in [0.4, 0.5) is 0 Å². The molecule has 1 unspecified atom stereocenters. The van der Waals surface area contributed by atoms with Crippen LogP contribution < -0.4 is 5.32 Å². The maximum atomic E-state index is 4.62. The Balaban J connectivity index is 1.74. The van der Waals surface area contributed by atoms with Gasteiger partial charge in [-0.25, -0.2) is 0 Å². The van der Waals surface area contributed by atoms with E-state index in [1.165, 1.54) is 5.56 Å². The first-order valence-electron chi connectivity index (χ1n) is 7.03. The largest absolute Gasteiger partial charge is 0.365 e. The molecular formula is C16H24N2S. The minimum absolute atomic E-state index is 0.354. The number of aliphatic imine (C=N–C) groups is 1. The predicted octanol–water partition coefficient (Wildman–Crippen LogP) is 3.90. The van der Waals surface area contributed by atoms with Gasteiger partial charge in [0.1, 0.15) is 0 Å². The average molecular weight is 276 g/mol. The molecular weight excluding hydrogens is 252 g/mol. The van der Waals surface area contributed by atoms with E-state index in [1.54, 1.807) is 0 Å². The molecule has 0 saturated heterocycles. The van der Waals surface area contributed by atoms with Crippen molar-refractivity contribution in [1.82, 2.24) is 5.32 Å². The Bertz CT molecular complexity index is 426. The molecule has 3 heteroatoms. The molecule has 19 heavy (non-hydrogen) atoms. The van der Waals surface area contributed by atoms with Crippen LogP contribution in [-0.4, -0.2) is 24.0 Å². The van der Waals surface area contributed by atoms with Crippen molar-refractivity contribution in [3.05, 3.63) is 35.9 Å². The van der Waals surface area contributed by atoms with Crippen LogP contribution in [0, 0.1) is 5.41 Å². The SMILES string of the molecule is CC(CCNC1=NCC(C)(C)CS1)c1ccccc1. The van der Waals surface area contributed by atoms with E-state index in [1.807, 2.05) is 11.8 Å². The first kappa shape index (κ1) is 14.4. The summed E-state index contributed by atoms with van der Waals surface area (Å²) in [6.07, 6.45) is 1.15. The molecule has 1 aliphatic rings. The first-order chi connectivity index (χ1) is 9.07. The van der Waals surface area contributed by atoms with Crippen molar-refractivity contribution in [3.8, 4) is 0 Å². The third kappa shape index (κ3) is 4.57. The summed E-state index contributed by atoms with van der Waals surface area (Å²) in [5, 5.41) is 4.60. The summed E-state index contributed by atoms with van der Waals surface area (Å²) < 4.78 is 0. The monoisotopic (exact) mass is 276 g/mol. The number of hydrogen-bond acceptors (Lipinski definition) is 3. The molecule has 0 fully saturated rings. The summed E-state index contributed by atoms with van der Waals surface area (Å²) >= 11 is 1.86. The molecule has 1 aromatic rings. The highest BCUT2D eigenvalue weighted by molar-refractivity contribution is 8.13. The van der Waals surface area contributed by atoms with Gasteiger partial charge in [0, 0.05) is 18.8 Å². The molecule has 1 aromatic carbocycles. The number of nitrogens with one attached hydrogen (secondary N) is 1. The summed E-state index contributed by atoms with van der Waals surface area (Å²) in [7, 11) is 0. The lowest BCUT2D eigenvalue weighted by molar-refractivity contribution is 0.436. The standard InChI is InChI=1S/C16H24N2S/c1-13(14-7-5-4-6-8-14)9-10-17-15-18-11-16(2,3)12-19-15/h4-8,13H,9-12H2,1-3H3,(H,17,18). The number of nitrogens with zero attached hydrogens (tertiary/aromatic N) is 1. The van der Waals surface area contributed by atoms with Gasteiger partial charge >= 0.3 is 0 Å². The smallest absolute Gasteiger partial charge is 0.156 e. The van der Waals surface area contributed by atoms with Gasteiger partial charge in [-0.3, -0.25) is 4.99 Å². The van der Waals surface area contributed by atoms with E-state index in [-0.39, 0.29) is 0 Å². The Morgan fingerprint density at radius 3 is 2.68 bits per heavy atom. The molecule has 0 spiro atoms. The molecule has 2 rings (SSSR count). The van der Waals surface area contributed by atoms with Gasteiger partial charge in [0.2, 0.25) is 0 Å². The third-order valence-corrected chi connectivity index (χ3v) is 4.95. The fraction of sp³-hybridized carbons (Fsp3) is 0.562. The molecule has 0 amide bonds. The summed E-state index contributed by atoms with van der Waals surface area (Å²) in [6.45, 7) is 8.78. The third-order valence-electron chi connectivity index (χ3n) is 3.47. The van der Waals surface area contributed by atoms with E-state index >= 15 is 0 Å². The highest BCUT2D eigenvalue weighted by Gasteiger charge is 2.23.